The molecule has 10 heteroatoms. The topological polar surface area (TPSA) is 86.8 Å². The number of hydrogen-bond donors (Lipinski definition) is 1. The van der Waals surface area contributed by atoms with Crippen LogP contribution < -0.4 is 5.32 Å². The molecule has 4 rings (SSSR count). The van der Waals surface area contributed by atoms with Crippen LogP contribution in [0.4, 0.5) is 14.5 Å². The van der Waals surface area contributed by atoms with E-state index in [0.717, 1.165) is 31.4 Å². The quantitative estimate of drug-likeness (QED) is 0.692. The molecule has 182 valence electrons. The summed E-state index contributed by atoms with van der Waals surface area (Å²) in [6.45, 7) is 1.60. The van der Waals surface area contributed by atoms with Crippen molar-refractivity contribution in [3.05, 3.63) is 59.7 Å². The number of rotatable bonds is 5. The minimum Gasteiger partial charge on any atom is -0.339 e. The van der Waals surface area contributed by atoms with Gasteiger partial charge in [-0.05, 0) is 62.1 Å². The number of carbonyl (C=O) groups is 2. The van der Waals surface area contributed by atoms with Gasteiger partial charge in [-0.1, -0.05) is 6.42 Å². The fourth-order valence-electron chi connectivity index (χ4n) is 4.39. The third kappa shape index (κ3) is 5.28. The van der Waals surface area contributed by atoms with Crippen molar-refractivity contribution in [2.24, 2.45) is 5.92 Å². The predicted molar refractivity (Wildman–Crippen MR) is 123 cm³/mol. The van der Waals surface area contributed by atoms with Gasteiger partial charge in [0, 0.05) is 43.9 Å². The smallest absolute Gasteiger partial charge is 0.256 e. The van der Waals surface area contributed by atoms with Crippen LogP contribution in [-0.2, 0) is 14.8 Å². The summed E-state index contributed by atoms with van der Waals surface area (Å²) in [4.78, 5) is 26.9. The number of halogens is 2. The van der Waals surface area contributed by atoms with E-state index in [0.29, 0.717) is 37.7 Å². The summed E-state index contributed by atoms with van der Waals surface area (Å²) >= 11 is 0. The number of piperidine rings is 2. The van der Waals surface area contributed by atoms with Crippen molar-refractivity contribution in [1.29, 1.82) is 0 Å². The van der Waals surface area contributed by atoms with E-state index < -0.39 is 27.6 Å². The van der Waals surface area contributed by atoms with Crippen LogP contribution in [0.1, 0.15) is 42.5 Å². The second kappa shape index (κ2) is 10.2. The van der Waals surface area contributed by atoms with Gasteiger partial charge in [-0.3, -0.25) is 9.59 Å². The number of sulfonamides is 1. The van der Waals surface area contributed by atoms with Crippen molar-refractivity contribution >= 4 is 27.5 Å². The van der Waals surface area contributed by atoms with Gasteiger partial charge >= 0.3 is 0 Å². The summed E-state index contributed by atoms with van der Waals surface area (Å²) in [6.07, 6.45) is 3.56. The van der Waals surface area contributed by atoms with E-state index in [4.69, 9.17) is 0 Å². The molecular weight excluding hydrogens is 464 g/mol. The highest BCUT2D eigenvalue weighted by Crippen LogP contribution is 2.24. The molecule has 2 fully saturated rings. The lowest BCUT2D eigenvalue weighted by Gasteiger charge is -2.31. The van der Waals surface area contributed by atoms with Crippen molar-refractivity contribution in [2.45, 2.75) is 37.0 Å². The van der Waals surface area contributed by atoms with E-state index >= 15 is 0 Å². The second-order valence-corrected chi connectivity index (χ2v) is 10.6. The number of benzene rings is 2. The zero-order valence-corrected chi connectivity index (χ0v) is 19.5. The predicted octanol–water partition coefficient (Wildman–Crippen LogP) is 3.63. The maximum Gasteiger partial charge on any atom is 0.256 e. The minimum absolute atomic E-state index is 0.191. The van der Waals surface area contributed by atoms with Crippen LogP contribution in [-0.4, -0.2) is 55.6 Å². The van der Waals surface area contributed by atoms with Crippen molar-refractivity contribution in [1.82, 2.24) is 9.21 Å². The van der Waals surface area contributed by atoms with Gasteiger partial charge in [-0.2, -0.15) is 4.31 Å². The van der Waals surface area contributed by atoms with E-state index in [1.165, 1.54) is 21.3 Å². The molecule has 0 saturated carbocycles. The zero-order valence-electron chi connectivity index (χ0n) is 18.7. The highest BCUT2D eigenvalue weighted by molar-refractivity contribution is 7.89. The summed E-state index contributed by atoms with van der Waals surface area (Å²) in [6, 6.07) is 8.99. The first-order valence-corrected chi connectivity index (χ1v) is 12.8. The lowest BCUT2D eigenvalue weighted by atomic mass is 9.95. The van der Waals surface area contributed by atoms with E-state index in [1.807, 2.05) is 0 Å². The summed E-state index contributed by atoms with van der Waals surface area (Å²) in [5.74, 6) is -2.73. The van der Waals surface area contributed by atoms with Gasteiger partial charge in [-0.15, -0.1) is 0 Å². The monoisotopic (exact) mass is 491 g/mol. The molecule has 7 nitrogen and oxygen atoms in total. The molecule has 2 heterocycles. The highest BCUT2D eigenvalue weighted by Gasteiger charge is 2.29. The third-order valence-corrected chi connectivity index (χ3v) is 8.30. The molecule has 0 atom stereocenters. The molecule has 2 amide bonds. The van der Waals surface area contributed by atoms with Crippen LogP contribution >= 0.6 is 0 Å². The molecule has 34 heavy (non-hydrogen) atoms. The standard InChI is InChI=1S/C24H27F2N3O4S/c25-18-4-9-21(22(26)16-18)24(31)28-14-10-17(11-15-28)23(30)27-19-5-7-20(8-6-19)34(32,33)29-12-2-1-3-13-29/h4-9,16-17H,1-3,10-15H2,(H,27,30). The van der Waals surface area contributed by atoms with Gasteiger partial charge in [0.25, 0.3) is 5.91 Å². The molecule has 2 aromatic carbocycles. The molecule has 0 aromatic heterocycles. The second-order valence-electron chi connectivity index (χ2n) is 8.67. The highest BCUT2D eigenvalue weighted by atomic mass is 32.2. The number of amides is 2. The Bertz CT molecular complexity index is 1160. The molecule has 2 aromatic rings. The molecule has 2 aliphatic rings. The summed E-state index contributed by atoms with van der Waals surface area (Å²) in [7, 11) is -3.53. The van der Waals surface area contributed by atoms with Crippen molar-refractivity contribution in [2.75, 3.05) is 31.5 Å². The Morgan fingerprint density at radius 3 is 2.15 bits per heavy atom. The summed E-state index contributed by atoms with van der Waals surface area (Å²) in [5.41, 5.74) is 0.304. The first-order valence-electron chi connectivity index (χ1n) is 11.4. The number of nitrogens with one attached hydrogen (secondary N) is 1. The molecule has 0 bridgehead atoms. The maximum atomic E-state index is 13.9. The normalized spacial score (nSPS) is 18.0. The average Bonchev–Trinajstić information content (AvgIpc) is 2.84. The van der Waals surface area contributed by atoms with Gasteiger partial charge in [0.2, 0.25) is 15.9 Å². The first-order chi connectivity index (χ1) is 16.3. The Labute approximate surface area is 197 Å². The van der Waals surface area contributed by atoms with Gasteiger partial charge < -0.3 is 10.2 Å². The van der Waals surface area contributed by atoms with Crippen molar-refractivity contribution in [3.8, 4) is 0 Å². The van der Waals surface area contributed by atoms with E-state index in [9.17, 15) is 26.8 Å². The number of likely N-dealkylation sites (tertiary alicyclic amines) is 1. The lowest BCUT2D eigenvalue weighted by molar-refractivity contribution is -0.121. The van der Waals surface area contributed by atoms with Crippen LogP contribution in [0.15, 0.2) is 47.4 Å². The van der Waals surface area contributed by atoms with Crippen molar-refractivity contribution < 1.29 is 26.8 Å². The molecule has 2 aliphatic heterocycles. The summed E-state index contributed by atoms with van der Waals surface area (Å²) < 4.78 is 54.0. The Balaban J connectivity index is 1.32. The average molecular weight is 492 g/mol. The van der Waals surface area contributed by atoms with Gasteiger partial charge in [0.1, 0.15) is 11.6 Å². The maximum absolute atomic E-state index is 13.9. The van der Waals surface area contributed by atoms with E-state index in [-0.39, 0.29) is 35.4 Å². The van der Waals surface area contributed by atoms with Crippen LogP contribution in [0.3, 0.4) is 0 Å². The zero-order chi connectivity index (χ0) is 24.3. The number of hydrogen-bond acceptors (Lipinski definition) is 4. The first kappa shape index (κ1) is 24.3. The van der Waals surface area contributed by atoms with Gasteiger partial charge in [0.15, 0.2) is 0 Å². The minimum atomic E-state index is -3.53. The molecule has 2 saturated heterocycles. The van der Waals surface area contributed by atoms with Crippen molar-refractivity contribution in [3.63, 3.8) is 0 Å². The van der Waals surface area contributed by atoms with Gasteiger partial charge in [-0.25, -0.2) is 17.2 Å². The van der Waals surface area contributed by atoms with E-state index in [2.05, 4.69) is 5.32 Å². The Morgan fingerprint density at radius 2 is 1.53 bits per heavy atom. The van der Waals surface area contributed by atoms with Gasteiger partial charge in [0.05, 0.1) is 10.5 Å². The largest absolute Gasteiger partial charge is 0.339 e. The Hall–Kier alpha value is -2.85. The molecule has 1 N–H and O–H groups in total. The van der Waals surface area contributed by atoms with Crippen LogP contribution in [0.25, 0.3) is 0 Å². The number of anilines is 1. The molecule has 0 aliphatic carbocycles. The molecule has 0 unspecified atom stereocenters. The number of carbonyl (C=O) groups excluding carboxylic acids is 2. The van der Waals surface area contributed by atoms with Crippen LogP contribution in [0.5, 0.6) is 0 Å². The molecule has 0 radical (unpaired) electrons. The molecular formula is C24H27F2N3O4S. The van der Waals surface area contributed by atoms with Crippen LogP contribution in [0.2, 0.25) is 0 Å². The number of nitrogens with zero attached hydrogens (tertiary/aromatic N) is 2. The third-order valence-electron chi connectivity index (χ3n) is 6.39. The summed E-state index contributed by atoms with van der Waals surface area (Å²) in [5, 5.41) is 2.81. The fourth-order valence-corrected chi connectivity index (χ4v) is 5.90. The van der Waals surface area contributed by atoms with E-state index in [1.54, 1.807) is 12.1 Å². The van der Waals surface area contributed by atoms with Crippen LogP contribution in [0, 0.1) is 17.6 Å². The SMILES string of the molecule is O=C(Nc1ccc(S(=O)(=O)N2CCCCC2)cc1)C1CCN(C(=O)c2ccc(F)cc2F)CC1. The fraction of sp³-hybridized carbons (Fsp3) is 0.417. The molecule has 0 spiro atoms. The Morgan fingerprint density at radius 1 is 0.882 bits per heavy atom. The lowest BCUT2D eigenvalue weighted by Crippen LogP contribution is -2.41. The Kier molecular flexibility index (Phi) is 7.27.